The number of amides is 4. The van der Waals surface area contributed by atoms with Crippen LogP contribution < -0.4 is 15.4 Å². The van der Waals surface area contributed by atoms with Gasteiger partial charge in [0.25, 0.3) is 5.91 Å². The summed E-state index contributed by atoms with van der Waals surface area (Å²) in [7, 11) is -3.87. The third-order valence-electron chi connectivity index (χ3n) is 6.33. The lowest BCUT2D eigenvalue weighted by atomic mass is 10.1. The van der Waals surface area contributed by atoms with Crippen molar-refractivity contribution in [2.75, 3.05) is 13.1 Å². The van der Waals surface area contributed by atoms with Gasteiger partial charge in [-0.1, -0.05) is 31.9 Å². The van der Waals surface area contributed by atoms with E-state index in [9.17, 15) is 27.6 Å². The van der Waals surface area contributed by atoms with Crippen molar-refractivity contribution in [2.24, 2.45) is 0 Å². The summed E-state index contributed by atoms with van der Waals surface area (Å²) >= 11 is 3.35. The summed E-state index contributed by atoms with van der Waals surface area (Å²) in [6, 6.07) is -1.95. The number of allylic oxidation sites excluding steroid dienone is 1. The Morgan fingerprint density at radius 3 is 2.54 bits per heavy atom. The Labute approximate surface area is 212 Å². The van der Waals surface area contributed by atoms with Gasteiger partial charge in [-0.2, -0.15) is 0 Å². The lowest BCUT2D eigenvalue weighted by molar-refractivity contribution is -0.138. The van der Waals surface area contributed by atoms with E-state index in [4.69, 9.17) is 0 Å². The van der Waals surface area contributed by atoms with Crippen LogP contribution in [0, 0.1) is 0 Å². The fourth-order valence-electron chi connectivity index (χ4n) is 3.75. The molecule has 1 saturated carbocycles. The van der Waals surface area contributed by atoms with Crippen molar-refractivity contribution in [1.82, 2.24) is 20.3 Å². The van der Waals surface area contributed by atoms with Crippen molar-refractivity contribution >= 4 is 46.7 Å². The van der Waals surface area contributed by atoms with E-state index in [1.54, 1.807) is 13.0 Å². The summed E-state index contributed by atoms with van der Waals surface area (Å²) in [4.78, 5) is 50.9. The van der Waals surface area contributed by atoms with Crippen LogP contribution in [0.15, 0.2) is 12.2 Å². The van der Waals surface area contributed by atoms with Gasteiger partial charge in [-0.15, -0.1) is 0 Å². The molecular weight excluding hydrogens is 496 g/mol. The molecule has 2 fully saturated rings. The van der Waals surface area contributed by atoms with E-state index < -0.39 is 50.7 Å². The number of nitrogens with zero attached hydrogens (tertiary/aromatic N) is 1. The third-order valence-corrected chi connectivity index (χ3v) is 8.67. The van der Waals surface area contributed by atoms with Crippen molar-refractivity contribution in [3.63, 3.8) is 0 Å². The van der Waals surface area contributed by atoms with Crippen molar-refractivity contribution in [1.29, 1.82) is 0 Å². The smallest absolute Gasteiger partial charge is 0.378 e. The first-order valence-electron chi connectivity index (χ1n) is 11.9. The molecule has 35 heavy (non-hydrogen) atoms. The maximum atomic E-state index is 13.0. The first-order chi connectivity index (χ1) is 16.5. The fourth-order valence-corrected chi connectivity index (χ4v) is 5.11. The van der Waals surface area contributed by atoms with Crippen molar-refractivity contribution in [3.05, 3.63) is 12.2 Å². The number of carbonyl (C=O) groups is 4. The monoisotopic (exact) mass is 532 g/mol. The van der Waals surface area contributed by atoms with Crippen LogP contribution in [0.2, 0.25) is 0 Å². The molecule has 0 aromatic carbocycles. The predicted octanol–water partition coefficient (Wildman–Crippen LogP) is 1.56. The van der Waals surface area contributed by atoms with Gasteiger partial charge in [0.1, 0.15) is 18.6 Å². The minimum Gasteiger partial charge on any atom is -0.378 e. The molecule has 0 aromatic rings. The molecule has 0 aromatic heterocycles. The molecule has 3 N–H and O–H groups in total. The molecule has 1 heterocycles. The van der Waals surface area contributed by atoms with E-state index >= 15 is 0 Å². The van der Waals surface area contributed by atoms with Crippen molar-refractivity contribution in [2.45, 2.75) is 88.5 Å². The zero-order valence-corrected chi connectivity index (χ0v) is 22.0. The van der Waals surface area contributed by atoms with Gasteiger partial charge in [0.05, 0.1) is 4.75 Å². The molecule has 4 amide bonds. The molecule has 0 radical (unpaired) electrons. The summed E-state index contributed by atoms with van der Waals surface area (Å²) in [6.07, 6.45) is 8.76. The molecule has 2 rings (SSSR count). The Balaban J connectivity index is 2.05. The van der Waals surface area contributed by atoms with Crippen LogP contribution in [-0.4, -0.2) is 67.1 Å². The first-order valence-corrected chi connectivity index (χ1v) is 13.8. The van der Waals surface area contributed by atoms with Gasteiger partial charge in [0, 0.05) is 19.5 Å². The number of nitrogens with one attached hydrogen (secondary N) is 3. The number of carbonyl (C=O) groups excluding carboxylic acids is 4. The highest BCUT2D eigenvalue weighted by Crippen LogP contribution is 2.42. The second-order valence-electron chi connectivity index (χ2n) is 9.16. The fraction of sp³-hybridized carbons (Fsp3) is 0.727. The van der Waals surface area contributed by atoms with Crippen LogP contribution in [-0.2, 0) is 28.6 Å². The third kappa shape index (κ3) is 8.41. The maximum Gasteiger partial charge on any atom is 0.419 e. The second-order valence-corrected chi connectivity index (χ2v) is 11.5. The highest BCUT2D eigenvalue weighted by atomic mass is 32.2. The van der Waals surface area contributed by atoms with Crippen LogP contribution in [0.5, 0.6) is 0 Å². The quantitative estimate of drug-likeness (QED) is 0.122. The van der Waals surface area contributed by atoms with Crippen molar-refractivity contribution < 1.29 is 31.8 Å². The normalized spacial score (nSPS) is 19.7. The molecule has 13 heteroatoms. The lowest BCUT2D eigenvalue weighted by Gasteiger charge is -2.26. The Hall–Kier alpha value is -2.28. The Morgan fingerprint density at radius 2 is 1.91 bits per heavy atom. The molecule has 198 valence electrons. The average Bonchev–Trinajstić information content (AvgIpc) is 3.39. The molecular formula is C22H36N4O7S2. The largest absolute Gasteiger partial charge is 0.419 e. The first kappa shape index (κ1) is 29.0. The van der Waals surface area contributed by atoms with Crippen molar-refractivity contribution in [3.8, 4) is 0 Å². The van der Waals surface area contributed by atoms with E-state index in [2.05, 4.69) is 39.4 Å². The molecule has 2 atom stereocenters. The minimum absolute atomic E-state index is 0.117. The Morgan fingerprint density at radius 1 is 1.20 bits per heavy atom. The van der Waals surface area contributed by atoms with E-state index in [0.29, 0.717) is 32.2 Å². The van der Waals surface area contributed by atoms with E-state index in [1.807, 2.05) is 6.08 Å². The predicted molar refractivity (Wildman–Crippen MR) is 133 cm³/mol. The minimum atomic E-state index is -3.87. The topological polar surface area (TPSA) is 151 Å². The summed E-state index contributed by atoms with van der Waals surface area (Å²) in [5, 5.41) is 4.85. The molecule has 1 saturated heterocycles. The molecule has 11 nitrogen and oxygen atoms in total. The van der Waals surface area contributed by atoms with E-state index in [0.717, 1.165) is 25.7 Å². The molecule has 0 spiro atoms. The second kappa shape index (κ2) is 13.1. The summed E-state index contributed by atoms with van der Waals surface area (Å²) in [5.41, 5.74) is 0. The van der Waals surface area contributed by atoms with Gasteiger partial charge >= 0.3 is 6.09 Å². The number of likely N-dealkylation sites (tertiary alicyclic amines) is 1. The van der Waals surface area contributed by atoms with Gasteiger partial charge < -0.3 is 19.7 Å². The molecule has 1 aliphatic carbocycles. The summed E-state index contributed by atoms with van der Waals surface area (Å²) in [6.45, 7) is 3.61. The molecule has 1 aliphatic heterocycles. The van der Waals surface area contributed by atoms with Crippen LogP contribution in [0.3, 0.4) is 0 Å². The highest BCUT2D eigenvalue weighted by Gasteiger charge is 2.51. The Bertz CT molecular complexity index is 919. The van der Waals surface area contributed by atoms with E-state index in [-0.39, 0.29) is 13.0 Å². The average molecular weight is 533 g/mol. The number of sulfonamides is 1. The number of hydrogen-bond donors (Lipinski definition) is 4. The number of thiol groups is 1. The summed E-state index contributed by atoms with van der Waals surface area (Å²) < 4.78 is 30.4. The Kier molecular flexibility index (Phi) is 10.9. The van der Waals surface area contributed by atoms with Crippen LogP contribution in [0.25, 0.3) is 0 Å². The molecule has 2 aliphatic rings. The van der Waals surface area contributed by atoms with Crippen LogP contribution >= 0.6 is 12.9 Å². The number of hydrogen-bond acceptors (Lipinski definition) is 8. The standard InChI is InChI=1S/C22H36N4O7S2/c1-3-4-5-6-7-8-10-16(19(28)25-35(31,32)22(2)12-13-22)24-20(29)17-11-9-14-26(17)18(27)15-23-21(30)33-34/h7-8,16-17,34H,3-6,9-15H2,1-2H3,(H,23,30)(H,24,29)(H,25,28)/b8-7-. The lowest BCUT2D eigenvalue weighted by Crippen LogP contribution is -2.55. The zero-order valence-electron chi connectivity index (χ0n) is 20.2. The van der Waals surface area contributed by atoms with Gasteiger partial charge in [0.15, 0.2) is 0 Å². The van der Waals surface area contributed by atoms with Gasteiger partial charge in [-0.3, -0.25) is 19.1 Å². The SMILES string of the molecule is CCCCC/C=C\CC(NC(=O)C1CCCN1C(=O)CNC(=O)OS)C(=O)NS(=O)(=O)C1(C)CC1. The summed E-state index contributed by atoms with van der Waals surface area (Å²) in [5.74, 6) is -1.84. The van der Waals surface area contributed by atoms with Gasteiger partial charge in [-0.05, 0) is 51.9 Å². The number of unbranched alkanes of at least 4 members (excludes halogenated alkanes) is 3. The van der Waals surface area contributed by atoms with Crippen LogP contribution in [0.4, 0.5) is 4.79 Å². The van der Waals surface area contributed by atoms with Gasteiger partial charge in [0.2, 0.25) is 21.8 Å². The van der Waals surface area contributed by atoms with E-state index in [1.165, 1.54) is 4.90 Å². The molecule has 0 bridgehead atoms. The van der Waals surface area contributed by atoms with Gasteiger partial charge in [-0.25, -0.2) is 13.2 Å². The highest BCUT2D eigenvalue weighted by molar-refractivity contribution is 7.91. The maximum absolute atomic E-state index is 13.0. The zero-order chi connectivity index (χ0) is 26.1. The molecule has 2 unspecified atom stereocenters. The number of rotatable bonds is 13. The van der Waals surface area contributed by atoms with Crippen LogP contribution in [0.1, 0.15) is 71.6 Å².